The van der Waals surface area contributed by atoms with Gasteiger partial charge in [-0.2, -0.15) is 0 Å². The molecule has 0 radical (unpaired) electrons. The first kappa shape index (κ1) is 11.2. The van der Waals surface area contributed by atoms with Gasteiger partial charge in [-0.3, -0.25) is 0 Å². The van der Waals surface area contributed by atoms with E-state index in [1.165, 1.54) is 0 Å². The van der Waals surface area contributed by atoms with Crippen molar-refractivity contribution in [1.29, 1.82) is 0 Å². The smallest absolute Gasteiger partial charge is 0.207 e. The number of allylic oxidation sites excluding steroid dienone is 4. The summed E-state index contributed by atoms with van der Waals surface area (Å²) in [4.78, 5) is 0. The Hall–Kier alpha value is -0.920. The van der Waals surface area contributed by atoms with Crippen LogP contribution in [-0.4, -0.2) is 5.92 Å². The van der Waals surface area contributed by atoms with E-state index in [0.717, 1.165) is 11.1 Å². The minimum Gasteiger partial charge on any atom is -0.207 e. The van der Waals surface area contributed by atoms with Gasteiger partial charge in [-0.25, -0.2) is 8.78 Å². The van der Waals surface area contributed by atoms with Crippen LogP contribution in [0.3, 0.4) is 0 Å². The molecule has 0 aromatic rings. The summed E-state index contributed by atoms with van der Waals surface area (Å²) in [5.41, 5.74) is 1.71. The molecule has 0 aliphatic heterocycles. The van der Waals surface area contributed by atoms with Gasteiger partial charge >= 0.3 is 0 Å². The van der Waals surface area contributed by atoms with E-state index < -0.39 is 5.92 Å². The van der Waals surface area contributed by atoms with Gasteiger partial charge in [0.1, 0.15) is 0 Å². The monoisotopic (exact) mass is 198 g/mol. The maximum absolute atomic E-state index is 12.9. The van der Waals surface area contributed by atoms with E-state index >= 15 is 0 Å². The topological polar surface area (TPSA) is 0 Å². The van der Waals surface area contributed by atoms with Crippen molar-refractivity contribution in [3.05, 3.63) is 36.5 Å². The molecule has 1 aliphatic rings. The number of hydrogen-bond acceptors (Lipinski definition) is 0. The number of halogens is 2. The van der Waals surface area contributed by atoms with Gasteiger partial charge in [-0.05, 0) is 19.3 Å². The van der Waals surface area contributed by atoms with Crippen molar-refractivity contribution in [2.75, 3.05) is 0 Å². The highest BCUT2D eigenvalue weighted by Crippen LogP contribution is 2.41. The van der Waals surface area contributed by atoms with Crippen LogP contribution in [0.1, 0.15) is 26.2 Å². The first-order chi connectivity index (χ1) is 6.41. The molecule has 1 aliphatic carbocycles. The SMILES string of the molecule is C=C(C)/C=C\C(=C)C1CCC(F)(F)C1. The van der Waals surface area contributed by atoms with Gasteiger partial charge in [0, 0.05) is 12.8 Å². The van der Waals surface area contributed by atoms with Gasteiger partial charge in [0.15, 0.2) is 0 Å². The fourth-order valence-corrected chi connectivity index (χ4v) is 1.65. The fraction of sp³-hybridized carbons (Fsp3) is 0.500. The van der Waals surface area contributed by atoms with Crippen LogP contribution in [0.5, 0.6) is 0 Å². The summed E-state index contributed by atoms with van der Waals surface area (Å²) in [6.45, 7) is 9.39. The highest BCUT2D eigenvalue weighted by Gasteiger charge is 2.39. The first-order valence-electron chi connectivity index (χ1n) is 4.81. The Morgan fingerprint density at radius 2 is 2.00 bits per heavy atom. The van der Waals surface area contributed by atoms with E-state index in [1.807, 2.05) is 13.0 Å². The summed E-state index contributed by atoms with van der Waals surface area (Å²) in [6, 6.07) is 0. The van der Waals surface area contributed by atoms with Gasteiger partial charge < -0.3 is 0 Å². The third-order valence-corrected chi connectivity index (χ3v) is 2.51. The lowest BCUT2D eigenvalue weighted by atomic mass is 9.98. The standard InChI is InChI=1S/C12H16F2/c1-9(2)4-5-10(3)11-6-7-12(13,14)8-11/h4-5,11H,1,3,6-8H2,2H3/b5-4-. The minimum atomic E-state index is -2.48. The lowest BCUT2D eigenvalue weighted by molar-refractivity contribution is 0.00650. The molecule has 1 unspecified atom stereocenters. The predicted octanol–water partition coefficient (Wildman–Crippen LogP) is 4.11. The molecule has 0 aromatic carbocycles. The minimum absolute atomic E-state index is 0.00238. The van der Waals surface area contributed by atoms with Crippen LogP contribution in [0, 0.1) is 5.92 Å². The van der Waals surface area contributed by atoms with E-state index in [1.54, 1.807) is 6.08 Å². The Morgan fingerprint density at radius 1 is 1.36 bits per heavy atom. The van der Waals surface area contributed by atoms with Crippen LogP contribution < -0.4 is 0 Å². The van der Waals surface area contributed by atoms with Gasteiger partial charge in [-0.1, -0.05) is 36.5 Å². The summed E-state index contributed by atoms with van der Waals surface area (Å²) in [6.07, 6.45) is 4.11. The van der Waals surface area contributed by atoms with Gasteiger partial charge in [0.05, 0.1) is 0 Å². The normalized spacial score (nSPS) is 25.5. The zero-order valence-electron chi connectivity index (χ0n) is 8.52. The number of alkyl halides is 2. The van der Waals surface area contributed by atoms with E-state index in [9.17, 15) is 8.78 Å². The molecule has 0 N–H and O–H groups in total. The number of rotatable bonds is 3. The maximum Gasteiger partial charge on any atom is 0.248 e. The second kappa shape index (κ2) is 4.07. The van der Waals surface area contributed by atoms with Crippen LogP contribution in [0.15, 0.2) is 36.5 Å². The molecule has 0 saturated heterocycles. The van der Waals surface area contributed by atoms with Crippen molar-refractivity contribution >= 4 is 0 Å². The predicted molar refractivity (Wildman–Crippen MR) is 55.4 cm³/mol. The van der Waals surface area contributed by atoms with E-state index in [4.69, 9.17) is 0 Å². The Morgan fingerprint density at radius 3 is 2.43 bits per heavy atom. The van der Waals surface area contributed by atoms with Crippen LogP contribution in [0.2, 0.25) is 0 Å². The highest BCUT2D eigenvalue weighted by molar-refractivity contribution is 5.25. The van der Waals surface area contributed by atoms with Crippen LogP contribution in [0.25, 0.3) is 0 Å². The molecule has 0 amide bonds. The average Bonchev–Trinajstić information content (AvgIpc) is 2.41. The first-order valence-corrected chi connectivity index (χ1v) is 4.81. The lowest BCUT2D eigenvalue weighted by Gasteiger charge is -2.10. The van der Waals surface area contributed by atoms with Gasteiger partial charge in [0.2, 0.25) is 5.92 Å². The van der Waals surface area contributed by atoms with E-state index in [2.05, 4.69) is 13.2 Å². The third-order valence-electron chi connectivity index (χ3n) is 2.51. The van der Waals surface area contributed by atoms with Gasteiger partial charge in [0.25, 0.3) is 0 Å². The molecule has 1 rings (SSSR count). The molecule has 0 spiro atoms. The molecule has 78 valence electrons. The van der Waals surface area contributed by atoms with Crippen molar-refractivity contribution in [2.24, 2.45) is 5.92 Å². The quantitative estimate of drug-likeness (QED) is 0.599. The summed E-state index contributed by atoms with van der Waals surface area (Å²) in [5, 5.41) is 0. The molecule has 0 aromatic heterocycles. The van der Waals surface area contributed by atoms with Crippen LogP contribution in [-0.2, 0) is 0 Å². The highest BCUT2D eigenvalue weighted by atomic mass is 19.3. The maximum atomic E-state index is 12.9. The summed E-state index contributed by atoms with van der Waals surface area (Å²) >= 11 is 0. The second-order valence-electron chi connectivity index (χ2n) is 4.05. The summed E-state index contributed by atoms with van der Waals surface area (Å²) in [5.74, 6) is -2.54. The molecule has 0 nitrogen and oxygen atoms in total. The Kier molecular flexibility index (Phi) is 3.25. The molecular formula is C12H16F2. The molecule has 1 atom stereocenters. The third kappa shape index (κ3) is 3.09. The van der Waals surface area contributed by atoms with Gasteiger partial charge in [-0.15, -0.1) is 0 Å². The summed E-state index contributed by atoms with van der Waals surface area (Å²) in [7, 11) is 0. The summed E-state index contributed by atoms with van der Waals surface area (Å²) < 4.78 is 25.7. The molecule has 2 heteroatoms. The van der Waals surface area contributed by atoms with Crippen LogP contribution in [0.4, 0.5) is 8.78 Å². The zero-order valence-corrected chi connectivity index (χ0v) is 8.52. The molecule has 14 heavy (non-hydrogen) atoms. The fourth-order valence-electron chi connectivity index (χ4n) is 1.65. The lowest BCUT2D eigenvalue weighted by Crippen LogP contribution is -2.09. The zero-order chi connectivity index (χ0) is 10.8. The van der Waals surface area contributed by atoms with Crippen molar-refractivity contribution < 1.29 is 8.78 Å². The Bertz CT molecular complexity index is 274. The molecule has 1 saturated carbocycles. The Labute approximate surface area is 84.0 Å². The van der Waals surface area contributed by atoms with Crippen molar-refractivity contribution in [3.63, 3.8) is 0 Å². The van der Waals surface area contributed by atoms with E-state index in [-0.39, 0.29) is 18.8 Å². The van der Waals surface area contributed by atoms with E-state index in [0.29, 0.717) is 6.42 Å². The second-order valence-corrected chi connectivity index (χ2v) is 4.05. The molecular weight excluding hydrogens is 182 g/mol. The molecule has 0 heterocycles. The number of hydrogen-bond donors (Lipinski definition) is 0. The molecule has 0 bridgehead atoms. The van der Waals surface area contributed by atoms with Crippen molar-refractivity contribution in [2.45, 2.75) is 32.1 Å². The molecule has 1 fully saturated rings. The Balaban J connectivity index is 2.52. The van der Waals surface area contributed by atoms with Crippen molar-refractivity contribution in [3.8, 4) is 0 Å². The average molecular weight is 198 g/mol. The van der Waals surface area contributed by atoms with Crippen LogP contribution >= 0.6 is 0 Å². The van der Waals surface area contributed by atoms with Crippen molar-refractivity contribution in [1.82, 2.24) is 0 Å². The largest absolute Gasteiger partial charge is 0.248 e.